The van der Waals surface area contributed by atoms with Crippen LogP contribution in [0.5, 0.6) is 0 Å². The molecule has 4 N–H and O–H groups in total. The number of nitrogens with two attached hydrogens (primary N) is 1. The number of anilines is 2. The van der Waals surface area contributed by atoms with Crippen molar-refractivity contribution in [2.75, 3.05) is 18.1 Å². The normalized spacial score (nSPS) is 10.9. The maximum Gasteiger partial charge on any atom is 0.490 e. The van der Waals surface area contributed by atoms with Gasteiger partial charge in [0.1, 0.15) is 5.82 Å². The summed E-state index contributed by atoms with van der Waals surface area (Å²) in [5.41, 5.74) is 8.27. The van der Waals surface area contributed by atoms with Crippen LogP contribution >= 0.6 is 22.6 Å². The molecule has 3 aromatic rings. The van der Waals surface area contributed by atoms with Gasteiger partial charge >= 0.3 is 12.1 Å². The van der Waals surface area contributed by atoms with E-state index >= 15 is 0 Å². The first kappa shape index (κ1) is 20.6. The molecule has 7 nitrogen and oxygen atoms in total. The fourth-order valence-electron chi connectivity index (χ4n) is 2.04. The molecule has 0 amide bonds. The fourth-order valence-corrected chi connectivity index (χ4v) is 2.70. The Morgan fingerprint density at radius 3 is 2.33 bits per heavy atom. The van der Waals surface area contributed by atoms with Crippen LogP contribution in [0.1, 0.15) is 0 Å². The second-order valence-electron chi connectivity index (χ2n) is 5.03. The Balaban J connectivity index is 0.000000321. The van der Waals surface area contributed by atoms with Gasteiger partial charge in [-0.25, -0.2) is 9.78 Å². The first-order chi connectivity index (χ1) is 12.6. The third-order valence-electron chi connectivity index (χ3n) is 3.21. The van der Waals surface area contributed by atoms with Gasteiger partial charge < -0.3 is 16.2 Å². The Kier molecular flexibility index (Phi) is 6.36. The van der Waals surface area contributed by atoms with Gasteiger partial charge in [0.25, 0.3) is 0 Å². The molecule has 0 spiro atoms. The third kappa shape index (κ3) is 5.15. The van der Waals surface area contributed by atoms with E-state index in [9.17, 15) is 13.2 Å². The monoisotopic (exact) mass is 491 g/mol. The second kappa shape index (κ2) is 8.33. The molecule has 27 heavy (non-hydrogen) atoms. The molecule has 0 atom stereocenters. The van der Waals surface area contributed by atoms with Crippen molar-refractivity contribution in [3.05, 3.63) is 40.0 Å². The maximum absolute atomic E-state index is 10.6. The number of alkyl halides is 3. The van der Waals surface area contributed by atoms with Crippen molar-refractivity contribution in [1.82, 2.24) is 15.0 Å². The van der Waals surface area contributed by atoms with Crippen LogP contribution in [0, 0.1) is 3.57 Å². The molecule has 0 unspecified atom stereocenters. The number of carbonyl (C=O) groups is 1. The van der Waals surface area contributed by atoms with Crippen molar-refractivity contribution in [3.8, 4) is 11.3 Å². The zero-order valence-electron chi connectivity index (χ0n) is 13.8. The zero-order chi connectivity index (χ0) is 20.2. The number of nitrogens with zero attached hydrogens (tertiary/aromatic N) is 3. The molecule has 1 aromatic carbocycles. The van der Waals surface area contributed by atoms with Crippen LogP contribution in [0.25, 0.3) is 22.3 Å². The number of fused-ring (bicyclic) bond motifs is 1. The molecule has 0 saturated carbocycles. The van der Waals surface area contributed by atoms with Gasteiger partial charge in [-0.1, -0.05) is 18.2 Å². The summed E-state index contributed by atoms with van der Waals surface area (Å²) in [5, 5.41) is 11.0. The first-order valence-electron chi connectivity index (χ1n) is 7.30. The average Bonchev–Trinajstić information content (AvgIpc) is 2.60. The van der Waals surface area contributed by atoms with Gasteiger partial charge in [0.2, 0.25) is 5.95 Å². The van der Waals surface area contributed by atoms with Crippen LogP contribution in [-0.4, -0.2) is 39.3 Å². The van der Waals surface area contributed by atoms with Gasteiger partial charge in [-0.15, -0.1) is 0 Å². The summed E-state index contributed by atoms with van der Waals surface area (Å²) >= 11 is 2.30. The summed E-state index contributed by atoms with van der Waals surface area (Å²) in [7, 11) is 1.80. The molecule has 0 saturated heterocycles. The number of carboxylic acid groups (broad SMARTS) is 1. The molecule has 3 rings (SSSR count). The van der Waals surface area contributed by atoms with Gasteiger partial charge in [0.15, 0.2) is 5.65 Å². The highest BCUT2D eigenvalue weighted by Crippen LogP contribution is 2.27. The number of pyridine rings is 1. The van der Waals surface area contributed by atoms with E-state index in [0.717, 1.165) is 20.2 Å². The van der Waals surface area contributed by atoms with Crippen LogP contribution in [0.4, 0.5) is 24.9 Å². The molecule has 0 fully saturated rings. The molecule has 0 bridgehead atoms. The Bertz CT molecular complexity index is 982. The molecule has 2 aromatic heterocycles. The highest BCUT2D eigenvalue weighted by atomic mass is 127. The van der Waals surface area contributed by atoms with E-state index in [1.807, 2.05) is 30.3 Å². The summed E-state index contributed by atoms with van der Waals surface area (Å²) in [4.78, 5) is 21.9. The SMILES string of the molecule is CNc1nc(N)nc2nc(-c3ccccc3I)ccc12.O=C(O)C(F)(F)F. The largest absolute Gasteiger partial charge is 0.490 e. The lowest BCUT2D eigenvalue weighted by atomic mass is 10.1. The van der Waals surface area contributed by atoms with E-state index in [-0.39, 0.29) is 5.95 Å². The fraction of sp³-hybridized carbons (Fsp3) is 0.125. The smallest absolute Gasteiger partial charge is 0.475 e. The standard InChI is InChI=1S/C14H12IN5.C2HF3O2/c1-17-12-9-6-7-11(8-4-2-3-5-10(8)15)18-13(9)20-14(16)19-12;3-2(4,5)1(6)7/h2-7H,1H3,(H3,16,17,18,19,20);(H,6,7). The van der Waals surface area contributed by atoms with E-state index in [4.69, 9.17) is 15.6 Å². The van der Waals surface area contributed by atoms with Gasteiger partial charge in [-0.3, -0.25) is 0 Å². The minimum absolute atomic E-state index is 0.217. The van der Waals surface area contributed by atoms with Crippen molar-refractivity contribution in [2.24, 2.45) is 0 Å². The Labute approximate surface area is 165 Å². The van der Waals surface area contributed by atoms with Crippen molar-refractivity contribution < 1.29 is 23.1 Å². The Morgan fingerprint density at radius 2 is 1.78 bits per heavy atom. The first-order valence-corrected chi connectivity index (χ1v) is 8.38. The van der Waals surface area contributed by atoms with E-state index in [1.54, 1.807) is 7.05 Å². The highest BCUT2D eigenvalue weighted by Gasteiger charge is 2.38. The van der Waals surface area contributed by atoms with Crippen LogP contribution in [0.3, 0.4) is 0 Å². The minimum Gasteiger partial charge on any atom is -0.475 e. The number of hydrogen-bond acceptors (Lipinski definition) is 6. The van der Waals surface area contributed by atoms with E-state index in [2.05, 4.69) is 48.9 Å². The summed E-state index contributed by atoms with van der Waals surface area (Å²) in [6.07, 6.45) is -5.08. The molecular weight excluding hydrogens is 478 g/mol. The van der Waals surface area contributed by atoms with Crippen LogP contribution in [0.2, 0.25) is 0 Å². The molecule has 142 valence electrons. The zero-order valence-corrected chi connectivity index (χ0v) is 15.9. The number of hydrogen-bond donors (Lipinski definition) is 3. The number of rotatable bonds is 2. The van der Waals surface area contributed by atoms with Crippen molar-refractivity contribution in [1.29, 1.82) is 0 Å². The summed E-state index contributed by atoms with van der Waals surface area (Å²) in [6.45, 7) is 0. The lowest BCUT2D eigenvalue weighted by Gasteiger charge is -2.08. The number of carboxylic acids is 1. The van der Waals surface area contributed by atoms with Crippen LogP contribution in [-0.2, 0) is 4.79 Å². The van der Waals surface area contributed by atoms with Gasteiger partial charge in [0, 0.05) is 16.2 Å². The third-order valence-corrected chi connectivity index (χ3v) is 4.15. The average molecular weight is 491 g/mol. The Morgan fingerprint density at radius 1 is 1.15 bits per heavy atom. The number of nitrogen functional groups attached to an aromatic ring is 1. The number of nitrogens with one attached hydrogen (secondary N) is 1. The number of aliphatic carboxylic acids is 1. The number of benzene rings is 1. The summed E-state index contributed by atoms with van der Waals surface area (Å²) in [5.74, 6) is -1.85. The Hall–Kier alpha value is -2.70. The van der Waals surface area contributed by atoms with E-state index < -0.39 is 12.1 Å². The number of aromatic nitrogens is 3. The molecule has 0 aliphatic carbocycles. The molecule has 11 heteroatoms. The molecule has 0 radical (unpaired) electrons. The summed E-state index contributed by atoms with van der Waals surface area (Å²) < 4.78 is 32.9. The summed E-state index contributed by atoms with van der Waals surface area (Å²) in [6, 6.07) is 12.0. The molecule has 0 aliphatic heterocycles. The van der Waals surface area contributed by atoms with Crippen molar-refractivity contribution >= 4 is 51.4 Å². The predicted molar refractivity (Wildman–Crippen MR) is 103 cm³/mol. The predicted octanol–water partition coefficient (Wildman–Crippen LogP) is 3.55. The highest BCUT2D eigenvalue weighted by molar-refractivity contribution is 14.1. The maximum atomic E-state index is 10.6. The number of halogens is 4. The van der Waals surface area contributed by atoms with E-state index in [1.165, 1.54) is 0 Å². The van der Waals surface area contributed by atoms with Crippen molar-refractivity contribution in [3.63, 3.8) is 0 Å². The van der Waals surface area contributed by atoms with Gasteiger partial charge in [0.05, 0.1) is 11.1 Å². The molecule has 2 heterocycles. The lowest BCUT2D eigenvalue weighted by molar-refractivity contribution is -0.192. The minimum atomic E-state index is -5.08. The van der Waals surface area contributed by atoms with Crippen LogP contribution in [0.15, 0.2) is 36.4 Å². The second-order valence-corrected chi connectivity index (χ2v) is 6.19. The van der Waals surface area contributed by atoms with Crippen molar-refractivity contribution in [2.45, 2.75) is 6.18 Å². The quantitative estimate of drug-likeness (QED) is 0.470. The molecule has 0 aliphatic rings. The van der Waals surface area contributed by atoms with Crippen LogP contribution < -0.4 is 11.1 Å². The lowest BCUT2D eigenvalue weighted by Crippen LogP contribution is -2.21. The van der Waals surface area contributed by atoms with Gasteiger partial charge in [-0.2, -0.15) is 23.1 Å². The molecular formula is C16H13F3IN5O2. The van der Waals surface area contributed by atoms with E-state index in [0.29, 0.717) is 11.5 Å². The topological polar surface area (TPSA) is 114 Å². The van der Waals surface area contributed by atoms with Gasteiger partial charge in [-0.05, 0) is 40.8 Å².